The molecular weight excluding hydrogens is 1150 g/mol. The molecule has 454 valence electrons. The second-order valence-corrected chi connectivity index (χ2v) is 27.3. The second kappa shape index (κ2) is 23.9. The van der Waals surface area contributed by atoms with Gasteiger partial charge in [0.25, 0.3) is 6.71 Å². The molecule has 1 aromatic heterocycles. The van der Waals surface area contributed by atoms with Crippen molar-refractivity contribution < 1.29 is 0 Å². The third-order valence-electron chi connectivity index (χ3n) is 19.0. The van der Waals surface area contributed by atoms with Gasteiger partial charge in [0.1, 0.15) is 0 Å². The Morgan fingerprint density at radius 1 is 0.232 bits per heavy atom. The maximum Gasteiger partial charge on any atom is 0.252 e. The monoisotopic (exact) mass is 1220 g/mol. The van der Waals surface area contributed by atoms with Crippen LogP contribution in [0.2, 0.25) is 0 Å². The maximum absolute atomic E-state index is 5.80. The lowest BCUT2D eigenvalue weighted by Gasteiger charge is -2.45. The number of benzene rings is 13. The van der Waals surface area contributed by atoms with E-state index in [2.05, 4.69) is 367 Å². The number of fused-ring (bicyclic) bond motifs is 4. The van der Waals surface area contributed by atoms with E-state index in [4.69, 9.17) is 15.0 Å². The molecule has 0 aliphatic carbocycles. The Hall–Kier alpha value is -11.5. The van der Waals surface area contributed by atoms with Crippen LogP contribution in [0, 0.1) is 0 Å². The van der Waals surface area contributed by atoms with Gasteiger partial charge in [-0.3, -0.25) is 0 Å². The maximum atomic E-state index is 5.80. The fourth-order valence-electron chi connectivity index (χ4n) is 13.9. The fraction of sp³-hybridized carbons (Fsp3) is 0.0899. The van der Waals surface area contributed by atoms with Crippen molar-refractivity contribution >= 4 is 57.2 Å². The number of rotatable bonds is 11. The third-order valence-corrected chi connectivity index (χ3v) is 19.0. The van der Waals surface area contributed by atoms with Crippen LogP contribution in [-0.2, 0) is 10.8 Å². The average Bonchev–Trinajstić information content (AvgIpc) is 0.695. The molecule has 0 spiro atoms. The summed E-state index contributed by atoms with van der Waals surface area (Å²) in [6.07, 6.45) is 0. The quantitative estimate of drug-likeness (QED) is 0.121. The minimum Gasteiger partial charge on any atom is -0.311 e. The molecule has 0 N–H and O–H groups in total. The van der Waals surface area contributed by atoms with Gasteiger partial charge >= 0.3 is 0 Å². The molecule has 95 heavy (non-hydrogen) atoms. The summed E-state index contributed by atoms with van der Waals surface area (Å²) in [5.74, 6) is 1.69. The zero-order chi connectivity index (χ0) is 64.4. The molecule has 5 nitrogen and oxygen atoms in total. The number of anilines is 6. The molecule has 0 radical (unpaired) electrons. The molecule has 16 rings (SSSR count). The van der Waals surface area contributed by atoms with Crippen LogP contribution in [-0.4, -0.2) is 21.7 Å². The van der Waals surface area contributed by atoms with Gasteiger partial charge in [-0.25, -0.2) is 15.0 Å². The van der Waals surface area contributed by atoms with Crippen LogP contribution >= 0.6 is 0 Å². The topological polar surface area (TPSA) is 45.2 Å². The van der Waals surface area contributed by atoms with Crippen molar-refractivity contribution in [2.24, 2.45) is 0 Å². The molecule has 13 aromatic carbocycles. The first-order valence-corrected chi connectivity index (χ1v) is 33.0. The predicted molar refractivity (Wildman–Crippen MR) is 400 cm³/mol. The fourth-order valence-corrected chi connectivity index (χ4v) is 13.9. The van der Waals surface area contributed by atoms with E-state index in [0.717, 1.165) is 106 Å². The Kier molecular flexibility index (Phi) is 14.7. The van der Waals surface area contributed by atoms with Gasteiger partial charge in [-0.15, -0.1) is 0 Å². The Balaban J connectivity index is 1.01. The van der Waals surface area contributed by atoms with Gasteiger partial charge in [-0.2, -0.15) is 0 Å². The van der Waals surface area contributed by atoms with Gasteiger partial charge in [0.05, 0.1) is 0 Å². The first-order valence-electron chi connectivity index (χ1n) is 33.0. The summed E-state index contributed by atoms with van der Waals surface area (Å²) < 4.78 is 0. The van der Waals surface area contributed by atoms with Crippen LogP contribution in [0.4, 0.5) is 34.1 Å². The van der Waals surface area contributed by atoms with Crippen molar-refractivity contribution in [1.82, 2.24) is 15.0 Å². The summed E-state index contributed by atoms with van der Waals surface area (Å²) in [6.45, 7) is 13.8. The van der Waals surface area contributed by atoms with Gasteiger partial charge in [0.2, 0.25) is 0 Å². The molecule has 0 amide bonds. The first kappa shape index (κ1) is 58.6. The lowest BCUT2D eigenvalue weighted by Crippen LogP contribution is -2.61. The van der Waals surface area contributed by atoms with E-state index in [1.807, 2.05) is 0 Å². The molecule has 0 fully saturated rings. The van der Waals surface area contributed by atoms with Crippen molar-refractivity contribution in [2.45, 2.75) is 52.4 Å². The molecule has 0 atom stereocenters. The highest BCUT2D eigenvalue weighted by atomic mass is 15.2. The zero-order valence-corrected chi connectivity index (χ0v) is 54.3. The molecule has 2 aliphatic heterocycles. The van der Waals surface area contributed by atoms with E-state index in [9.17, 15) is 0 Å². The third kappa shape index (κ3) is 11.2. The number of aromatic nitrogens is 3. The van der Waals surface area contributed by atoms with Crippen LogP contribution in [0.5, 0.6) is 0 Å². The predicted octanol–water partition coefficient (Wildman–Crippen LogP) is 21.6. The average molecular weight is 1220 g/mol. The first-order chi connectivity index (χ1) is 46.3. The molecule has 0 bridgehead atoms. The largest absolute Gasteiger partial charge is 0.311 e. The summed E-state index contributed by atoms with van der Waals surface area (Å²) in [5.41, 5.74) is 28.4. The summed E-state index contributed by atoms with van der Waals surface area (Å²) in [7, 11) is 0. The second-order valence-electron chi connectivity index (χ2n) is 27.3. The Labute approximate surface area is 558 Å². The SMILES string of the molecule is CC(C)(C)c1ccc2c(c1)N(c1ccc(-c3ccccc3)cc1)c1cc(-c3nc(-c4cc(-c5ccccc5)cc(-c5ccccc5)c4)nc(-c4cc(-c5ccccc5)cc(-c5ccccc5)c4)n3)cc3c1B2c1ccc(C(C)(C)C)cc1N3c1ccc(-c2ccccc2)cc1. The van der Waals surface area contributed by atoms with Crippen molar-refractivity contribution in [3.05, 3.63) is 327 Å². The lowest BCUT2D eigenvalue weighted by molar-refractivity contribution is 0.590. The molecule has 0 unspecified atom stereocenters. The smallest absolute Gasteiger partial charge is 0.252 e. The van der Waals surface area contributed by atoms with Gasteiger partial charge in [0.15, 0.2) is 17.5 Å². The minimum absolute atomic E-state index is 0.138. The Bertz CT molecular complexity index is 4730. The molecule has 0 saturated heterocycles. The zero-order valence-electron chi connectivity index (χ0n) is 54.3. The minimum atomic E-state index is -0.145. The van der Waals surface area contributed by atoms with Crippen LogP contribution < -0.4 is 26.2 Å². The number of hydrogen-bond donors (Lipinski definition) is 0. The normalized spacial score (nSPS) is 12.5. The molecule has 14 aromatic rings. The Morgan fingerprint density at radius 2 is 0.484 bits per heavy atom. The molecule has 6 heteroatoms. The van der Waals surface area contributed by atoms with E-state index >= 15 is 0 Å². The molecule has 3 heterocycles. The standard InChI is InChI=1S/C89H70BN5/c1-88(2,3)74-41-47-78-80(57-74)94(76-43-37-65(38-44-76)59-25-13-7-14-26-59)82-55-73(56-83-84(82)90(78)79-48-42-75(89(4,5)6)58-81(79)95(83)77-45-39-66(40-46-77)60-27-15-8-16-28-60)87-92-85(71-51-67(61-29-17-9-18-30-61)49-68(52-71)62-31-19-10-20-32-62)91-86(93-87)72-53-69(63-33-21-11-22-34-63)50-70(54-72)64-35-23-12-24-36-64/h7-58H,1-6H3. The van der Waals surface area contributed by atoms with E-state index in [1.165, 1.54) is 38.6 Å². The van der Waals surface area contributed by atoms with Crippen molar-refractivity contribution in [2.75, 3.05) is 9.80 Å². The van der Waals surface area contributed by atoms with E-state index in [1.54, 1.807) is 0 Å². The highest BCUT2D eigenvalue weighted by Gasteiger charge is 2.45. The van der Waals surface area contributed by atoms with Crippen LogP contribution in [0.3, 0.4) is 0 Å². The highest BCUT2D eigenvalue weighted by molar-refractivity contribution is 7.00. The van der Waals surface area contributed by atoms with Crippen molar-refractivity contribution in [1.29, 1.82) is 0 Å². The van der Waals surface area contributed by atoms with E-state index < -0.39 is 0 Å². The van der Waals surface area contributed by atoms with Crippen LogP contribution in [0.25, 0.3) is 101 Å². The summed E-state index contributed by atoms with van der Waals surface area (Å²) in [6, 6.07) is 115. The molecule has 2 aliphatic rings. The molecular formula is C89H70BN5. The van der Waals surface area contributed by atoms with E-state index in [-0.39, 0.29) is 17.5 Å². The number of hydrogen-bond acceptors (Lipinski definition) is 5. The van der Waals surface area contributed by atoms with Crippen LogP contribution in [0.15, 0.2) is 315 Å². The lowest BCUT2D eigenvalue weighted by atomic mass is 9.33. The van der Waals surface area contributed by atoms with E-state index in [0.29, 0.717) is 17.5 Å². The summed E-state index contributed by atoms with van der Waals surface area (Å²) in [4.78, 5) is 22.3. The van der Waals surface area contributed by atoms with Gasteiger partial charge in [0, 0.05) is 50.8 Å². The van der Waals surface area contributed by atoms with Crippen molar-refractivity contribution in [3.63, 3.8) is 0 Å². The Morgan fingerprint density at radius 3 is 0.768 bits per heavy atom. The molecule has 0 saturated carbocycles. The summed E-state index contributed by atoms with van der Waals surface area (Å²) >= 11 is 0. The highest BCUT2D eigenvalue weighted by Crippen LogP contribution is 2.48. The van der Waals surface area contributed by atoms with Gasteiger partial charge in [-0.1, -0.05) is 272 Å². The van der Waals surface area contributed by atoms with Gasteiger partial charge < -0.3 is 9.80 Å². The summed E-state index contributed by atoms with van der Waals surface area (Å²) in [5, 5.41) is 0. The van der Waals surface area contributed by atoms with Gasteiger partial charge in [-0.05, 0) is 190 Å². The van der Waals surface area contributed by atoms with Crippen molar-refractivity contribution in [3.8, 4) is 101 Å². The number of nitrogens with zero attached hydrogens (tertiary/aromatic N) is 5. The van der Waals surface area contributed by atoms with Crippen LogP contribution in [0.1, 0.15) is 52.7 Å².